The Balaban J connectivity index is 1.82. The lowest BCUT2D eigenvalue weighted by Gasteiger charge is -2.27. The Morgan fingerprint density at radius 1 is 1.40 bits per heavy atom. The molecule has 104 valence electrons. The van der Waals surface area contributed by atoms with Crippen molar-refractivity contribution in [3.05, 3.63) is 47.3 Å². The van der Waals surface area contributed by atoms with E-state index in [-0.39, 0.29) is 5.56 Å². The number of halogens is 1. The SMILES string of the molecule is O=C(O)c1ccc(F)cc1CN1CCn2cnnc2C1. The van der Waals surface area contributed by atoms with Gasteiger partial charge in [0.25, 0.3) is 0 Å². The van der Waals surface area contributed by atoms with E-state index >= 15 is 0 Å². The van der Waals surface area contributed by atoms with Crippen LogP contribution in [0.25, 0.3) is 0 Å². The topological polar surface area (TPSA) is 71.2 Å². The van der Waals surface area contributed by atoms with Gasteiger partial charge in [0.2, 0.25) is 0 Å². The third kappa shape index (κ3) is 2.39. The molecular weight excluding hydrogens is 263 g/mol. The van der Waals surface area contributed by atoms with E-state index in [1.165, 1.54) is 18.2 Å². The molecule has 20 heavy (non-hydrogen) atoms. The Bertz CT molecular complexity index is 656. The van der Waals surface area contributed by atoms with Crippen LogP contribution in [0.2, 0.25) is 0 Å². The third-order valence-corrected chi connectivity index (χ3v) is 3.41. The van der Waals surface area contributed by atoms with E-state index in [2.05, 4.69) is 10.2 Å². The largest absolute Gasteiger partial charge is 0.478 e. The minimum absolute atomic E-state index is 0.137. The number of aromatic carboxylic acids is 1. The van der Waals surface area contributed by atoms with Crippen LogP contribution < -0.4 is 0 Å². The molecule has 0 unspecified atom stereocenters. The van der Waals surface area contributed by atoms with Gasteiger partial charge in [-0.15, -0.1) is 10.2 Å². The summed E-state index contributed by atoms with van der Waals surface area (Å²) in [7, 11) is 0. The van der Waals surface area contributed by atoms with Crippen molar-refractivity contribution in [1.82, 2.24) is 19.7 Å². The highest BCUT2D eigenvalue weighted by Crippen LogP contribution is 2.17. The van der Waals surface area contributed by atoms with Crippen LogP contribution in [-0.4, -0.2) is 37.3 Å². The van der Waals surface area contributed by atoms with Crippen molar-refractivity contribution < 1.29 is 14.3 Å². The van der Waals surface area contributed by atoms with Gasteiger partial charge in [0.15, 0.2) is 0 Å². The van der Waals surface area contributed by atoms with Crippen molar-refractivity contribution in [2.75, 3.05) is 6.54 Å². The van der Waals surface area contributed by atoms with Crippen molar-refractivity contribution in [2.24, 2.45) is 0 Å². The molecule has 0 aliphatic carbocycles. The summed E-state index contributed by atoms with van der Waals surface area (Å²) < 4.78 is 15.3. The van der Waals surface area contributed by atoms with E-state index in [1.54, 1.807) is 6.33 Å². The molecule has 0 fully saturated rings. The molecule has 1 aliphatic rings. The van der Waals surface area contributed by atoms with Gasteiger partial charge in [-0.05, 0) is 23.8 Å². The van der Waals surface area contributed by atoms with Crippen LogP contribution >= 0.6 is 0 Å². The van der Waals surface area contributed by atoms with Gasteiger partial charge in [0.1, 0.15) is 18.0 Å². The van der Waals surface area contributed by atoms with E-state index in [1.807, 2.05) is 9.47 Å². The zero-order valence-electron chi connectivity index (χ0n) is 10.7. The first-order chi connectivity index (χ1) is 9.63. The second kappa shape index (κ2) is 5.01. The maximum atomic E-state index is 13.3. The van der Waals surface area contributed by atoms with Crippen LogP contribution in [0.15, 0.2) is 24.5 Å². The number of fused-ring (bicyclic) bond motifs is 1. The molecule has 0 saturated heterocycles. The summed E-state index contributed by atoms with van der Waals surface area (Å²) in [6.07, 6.45) is 1.68. The number of carboxylic acid groups (broad SMARTS) is 1. The molecule has 0 spiro atoms. The van der Waals surface area contributed by atoms with E-state index in [9.17, 15) is 9.18 Å². The second-order valence-electron chi connectivity index (χ2n) is 4.76. The van der Waals surface area contributed by atoms with Crippen LogP contribution in [0.4, 0.5) is 4.39 Å². The summed E-state index contributed by atoms with van der Waals surface area (Å²) in [4.78, 5) is 13.2. The first-order valence-corrected chi connectivity index (χ1v) is 6.24. The number of carboxylic acids is 1. The number of benzene rings is 1. The van der Waals surface area contributed by atoms with E-state index in [4.69, 9.17) is 5.11 Å². The molecule has 1 aromatic carbocycles. The lowest BCUT2D eigenvalue weighted by atomic mass is 10.1. The Morgan fingerprint density at radius 2 is 2.25 bits per heavy atom. The Kier molecular flexibility index (Phi) is 3.19. The van der Waals surface area contributed by atoms with Crippen molar-refractivity contribution >= 4 is 5.97 Å². The fourth-order valence-corrected chi connectivity index (χ4v) is 2.39. The number of aromatic nitrogens is 3. The minimum atomic E-state index is -1.04. The summed E-state index contributed by atoms with van der Waals surface area (Å²) in [5, 5.41) is 17.0. The first-order valence-electron chi connectivity index (χ1n) is 6.24. The van der Waals surface area contributed by atoms with E-state index < -0.39 is 11.8 Å². The Labute approximate surface area is 114 Å². The molecule has 0 radical (unpaired) electrons. The molecule has 0 saturated carbocycles. The van der Waals surface area contributed by atoms with Crippen molar-refractivity contribution in [3.63, 3.8) is 0 Å². The zero-order chi connectivity index (χ0) is 14.1. The monoisotopic (exact) mass is 276 g/mol. The summed E-state index contributed by atoms with van der Waals surface area (Å²) in [5.74, 6) is -0.630. The number of carbonyl (C=O) groups is 1. The molecule has 3 rings (SSSR count). The molecule has 1 aliphatic heterocycles. The summed E-state index contributed by atoms with van der Waals surface area (Å²) in [5.41, 5.74) is 0.615. The van der Waals surface area contributed by atoms with Crippen molar-refractivity contribution in [3.8, 4) is 0 Å². The van der Waals surface area contributed by atoms with Gasteiger partial charge in [-0.25, -0.2) is 9.18 Å². The number of hydrogen-bond donors (Lipinski definition) is 1. The zero-order valence-corrected chi connectivity index (χ0v) is 10.7. The number of rotatable bonds is 3. The molecule has 0 atom stereocenters. The molecule has 1 aromatic heterocycles. The molecule has 7 heteroatoms. The highest BCUT2D eigenvalue weighted by Gasteiger charge is 2.20. The number of hydrogen-bond acceptors (Lipinski definition) is 4. The molecule has 0 bridgehead atoms. The summed E-state index contributed by atoms with van der Waals surface area (Å²) in [6, 6.07) is 3.75. The van der Waals surface area contributed by atoms with E-state index in [0.717, 1.165) is 18.9 Å². The fourth-order valence-electron chi connectivity index (χ4n) is 2.39. The van der Waals surface area contributed by atoms with Gasteiger partial charge < -0.3 is 9.67 Å². The minimum Gasteiger partial charge on any atom is -0.478 e. The highest BCUT2D eigenvalue weighted by atomic mass is 19.1. The lowest BCUT2D eigenvalue weighted by Crippen LogP contribution is -2.33. The summed E-state index contributed by atoms with van der Waals surface area (Å²) >= 11 is 0. The fraction of sp³-hybridized carbons (Fsp3) is 0.308. The van der Waals surface area contributed by atoms with Crippen LogP contribution in [0, 0.1) is 5.82 Å². The molecule has 6 nitrogen and oxygen atoms in total. The van der Waals surface area contributed by atoms with Crippen molar-refractivity contribution in [2.45, 2.75) is 19.6 Å². The van der Waals surface area contributed by atoms with Gasteiger partial charge >= 0.3 is 5.97 Å². The Hall–Kier alpha value is -2.28. The van der Waals surface area contributed by atoms with Gasteiger partial charge in [-0.1, -0.05) is 0 Å². The maximum Gasteiger partial charge on any atom is 0.336 e. The molecule has 2 heterocycles. The number of nitrogens with zero attached hydrogens (tertiary/aromatic N) is 4. The normalized spacial score (nSPS) is 15.1. The predicted octanol–water partition coefficient (Wildman–Crippen LogP) is 1.13. The quantitative estimate of drug-likeness (QED) is 0.910. The van der Waals surface area contributed by atoms with Gasteiger partial charge in [0.05, 0.1) is 12.1 Å². The van der Waals surface area contributed by atoms with Crippen molar-refractivity contribution in [1.29, 1.82) is 0 Å². The average molecular weight is 276 g/mol. The molecule has 1 N–H and O–H groups in total. The molecule has 2 aromatic rings. The van der Waals surface area contributed by atoms with Gasteiger partial charge in [-0.3, -0.25) is 4.90 Å². The predicted molar refractivity (Wildman–Crippen MR) is 67.5 cm³/mol. The van der Waals surface area contributed by atoms with Crippen LogP contribution in [-0.2, 0) is 19.6 Å². The first kappa shape index (κ1) is 12.7. The highest BCUT2D eigenvalue weighted by molar-refractivity contribution is 5.89. The smallest absolute Gasteiger partial charge is 0.336 e. The average Bonchev–Trinajstić information content (AvgIpc) is 2.85. The van der Waals surface area contributed by atoms with E-state index in [0.29, 0.717) is 18.7 Å². The van der Waals surface area contributed by atoms with Gasteiger partial charge in [-0.2, -0.15) is 0 Å². The van der Waals surface area contributed by atoms with Crippen LogP contribution in [0.1, 0.15) is 21.7 Å². The van der Waals surface area contributed by atoms with Crippen LogP contribution in [0.3, 0.4) is 0 Å². The van der Waals surface area contributed by atoms with Crippen LogP contribution in [0.5, 0.6) is 0 Å². The second-order valence-corrected chi connectivity index (χ2v) is 4.76. The maximum absolute atomic E-state index is 13.3. The lowest BCUT2D eigenvalue weighted by molar-refractivity contribution is 0.0694. The molecule has 0 amide bonds. The molecular formula is C13H13FN4O2. The Morgan fingerprint density at radius 3 is 3.05 bits per heavy atom. The standard InChI is InChI=1S/C13H13FN4O2/c14-10-1-2-11(13(19)20)9(5-10)6-17-3-4-18-8-15-16-12(18)7-17/h1-2,5,8H,3-4,6-7H2,(H,19,20). The third-order valence-electron chi connectivity index (χ3n) is 3.41. The van der Waals surface area contributed by atoms with Gasteiger partial charge in [0, 0.05) is 19.6 Å². The summed E-state index contributed by atoms with van der Waals surface area (Å²) in [6.45, 7) is 2.46.